The Morgan fingerprint density at radius 3 is 2.42 bits per heavy atom. The van der Waals surface area contributed by atoms with Gasteiger partial charge in [0, 0.05) is 29.3 Å². The smallest absolute Gasteiger partial charge is 0.156 e. The lowest BCUT2D eigenvalue weighted by atomic mass is 9.99. The van der Waals surface area contributed by atoms with Gasteiger partial charge in [-0.3, -0.25) is 0 Å². The number of aldehydes is 1. The highest BCUT2D eigenvalue weighted by molar-refractivity contribution is 5.87. The molecule has 0 atom stereocenters. The largest absolute Gasteiger partial charge is 0.378 e. The lowest BCUT2D eigenvalue weighted by Gasteiger charge is -2.24. The van der Waals surface area contributed by atoms with Crippen LogP contribution in [-0.2, 0) is 4.79 Å². The van der Waals surface area contributed by atoms with E-state index in [1.54, 1.807) is 0 Å². The molecule has 2 saturated carbocycles. The summed E-state index contributed by atoms with van der Waals surface area (Å²) in [5, 5.41) is 11.6. The van der Waals surface area contributed by atoms with Crippen molar-refractivity contribution in [3.8, 4) is 6.07 Å². The van der Waals surface area contributed by atoms with E-state index in [1.165, 1.54) is 44.9 Å². The van der Waals surface area contributed by atoms with Gasteiger partial charge in [-0.2, -0.15) is 5.26 Å². The summed E-state index contributed by atoms with van der Waals surface area (Å²) in [4.78, 5) is 25.0. The van der Waals surface area contributed by atoms with Crippen molar-refractivity contribution in [3.05, 3.63) is 29.7 Å². The van der Waals surface area contributed by atoms with Crippen LogP contribution in [0.3, 0.4) is 0 Å². The molecule has 33 heavy (non-hydrogen) atoms. The van der Waals surface area contributed by atoms with Gasteiger partial charge in [-0.1, -0.05) is 38.2 Å². The number of nitrogens with one attached hydrogen (secondary N) is 2. The first-order valence-corrected chi connectivity index (χ1v) is 12.4. The first-order chi connectivity index (χ1) is 16.2. The van der Waals surface area contributed by atoms with Crippen LogP contribution in [0.15, 0.2) is 18.5 Å². The molecule has 2 N–H and O–H groups in total. The van der Waals surface area contributed by atoms with Crippen molar-refractivity contribution >= 4 is 23.1 Å². The number of likely N-dealkylation sites (tertiary alicyclic amines) is 1. The van der Waals surface area contributed by atoms with Crippen LogP contribution in [0, 0.1) is 17.2 Å². The molecule has 2 aromatic heterocycles. The molecule has 178 valence electrons. The summed E-state index contributed by atoms with van der Waals surface area (Å²) in [6, 6.07) is 2.30. The second-order valence-electron chi connectivity index (χ2n) is 9.19. The number of hydrogen-bond acceptors (Lipinski definition) is 6. The number of carbonyl (C=O) groups is 1. The number of nitrogens with zero attached hydrogens (tertiary/aromatic N) is 4. The number of aromatic nitrogens is 3. The van der Waals surface area contributed by atoms with E-state index in [4.69, 9.17) is 10.2 Å². The van der Waals surface area contributed by atoms with E-state index < -0.39 is 0 Å². The number of piperidine rings is 1. The monoisotopic (exact) mass is 450 g/mol. The first-order valence-electron chi connectivity index (χ1n) is 12.4. The molecule has 0 bridgehead atoms. The van der Waals surface area contributed by atoms with Crippen molar-refractivity contribution < 1.29 is 4.79 Å². The fourth-order valence-electron chi connectivity index (χ4n) is 4.21. The summed E-state index contributed by atoms with van der Waals surface area (Å²) in [5.74, 6) is 0.915. The minimum absolute atomic E-state index is 0.294. The van der Waals surface area contributed by atoms with Crippen molar-refractivity contribution in [2.45, 2.75) is 70.6 Å². The number of aromatic amines is 1. The minimum atomic E-state index is 0.294. The number of rotatable bonds is 5. The second kappa shape index (κ2) is 13.1. The summed E-state index contributed by atoms with van der Waals surface area (Å²) >= 11 is 0. The van der Waals surface area contributed by atoms with Crippen molar-refractivity contribution in [2.75, 3.05) is 26.7 Å². The fourth-order valence-corrected chi connectivity index (χ4v) is 4.21. The standard InChI is InChI=1S/C14H16N4O.C7H12N2.C5H10/c1-2-11(15-5-6-19)10-7-16-14-13(10)18-12(8-17-14)9-3-4-9;1-9-4-2-7(6-8)3-5-9;1-2-4-5-3-1/h2,6-9,15H,3-5H2,1H3,(H,16,17);7H,2-5H2,1H3;1-5H2/b11-2+;;. The zero-order valence-corrected chi connectivity index (χ0v) is 20.1. The molecular weight excluding hydrogens is 412 g/mol. The molecule has 0 aromatic carbocycles. The number of nitriles is 1. The lowest BCUT2D eigenvalue weighted by Crippen LogP contribution is -2.29. The van der Waals surface area contributed by atoms with E-state index in [1.807, 2.05) is 25.4 Å². The van der Waals surface area contributed by atoms with E-state index in [0.717, 1.165) is 60.3 Å². The Bertz CT molecular complexity index is 936. The Kier molecular flexibility index (Phi) is 9.89. The van der Waals surface area contributed by atoms with Crippen LogP contribution in [0.4, 0.5) is 0 Å². The van der Waals surface area contributed by atoms with E-state index in [2.05, 4.69) is 33.3 Å². The summed E-state index contributed by atoms with van der Waals surface area (Å²) in [6.07, 6.45) is 18.6. The van der Waals surface area contributed by atoms with Gasteiger partial charge in [-0.05, 0) is 52.7 Å². The maximum Gasteiger partial charge on any atom is 0.156 e. The maximum absolute atomic E-state index is 10.5. The molecule has 1 saturated heterocycles. The van der Waals surface area contributed by atoms with Crippen LogP contribution in [0.1, 0.15) is 81.9 Å². The predicted molar refractivity (Wildman–Crippen MR) is 133 cm³/mol. The Morgan fingerprint density at radius 1 is 1.21 bits per heavy atom. The van der Waals surface area contributed by atoms with Gasteiger partial charge in [0.2, 0.25) is 0 Å². The van der Waals surface area contributed by atoms with Crippen LogP contribution < -0.4 is 5.32 Å². The van der Waals surface area contributed by atoms with Gasteiger partial charge in [-0.25, -0.2) is 9.97 Å². The summed E-state index contributed by atoms with van der Waals surface area (Å²) in [6.45, 7) is 4.42. The molecule has 2 aliphatic carbocycles. The minimum Gasteiger partial charge on any atom is -0.378 e. The molecule has 0 spiro atoms. The first kappa shape index (κ1) is 24.9. The molecule has 7 nitrogen and oxygen atoms in total. The molecule has 0 radical (unpaired) electrons. The Hall–Kier alpha value is -2.72. The number of carbonyl (C=O) groups excluding carboxylic acids is 1. The summed E-state index contributed by atoms with van der Waals surface area (Å²) in [7, 11) is 2.10. The molecule has 1 aliphatic heterocycles. The molecular formula is C26H38N6O. The highest BCUT2D eigenvalue weighted by Gasteiger charge is 2.26. The summed E-state index contributed by atoms with van der Waals surface area (Å²) in [5.41, 5.74) is 4.59. The quantitative estimate of drug-likeness (QED) is 0.636. The number of fused-ring (bicyclic) bond motifs is 1. The van der Waals surface area contributed by atoms with Gasteiger partial charge in [-0.15, -0.1) is 0 Å². The van der Waals surface area contributed by atoms with Gasteiger partial charge < -0.3 is 20.0 Å². The van der Waals surface area contributed by atoms with E-state index in [-0.39, 0.29) is 0 Å². The third-order valence-corrected chi connectivity index (χ3v) is 6.50. The highest BCUT2D eigenvalue weighted by Crippen LogP contribution is 2.39. The Balaban J connectivity index is 0.000000180. The number of H-pyrrole nitrogens is 1. The lowest BCUT2D eigenvalue weighted by molar-refractivity contribution is -0.107. The molecule has 3 aliphatic rings. The van der Waals surface area contributed by atoms with Gasteiger partial charge >= 0.3 is 0 Å². The molecule has 7 heteroatoms. The van der Waals surface area contributed by atoms with Gasteiger partial charge in [0.1, 0.15) is 11.8 Å². The topological polar surface area (TPSA) is 97.7 Å². The van der Waals surface area contributed by atoms with Crippen LogP contribution in [0.25, 0.3) is 16.9 Å². The van der Waals surface area contributed by atoms with Gasteiger partial charge in [0.05, 0.1) is 24.5 Å². The van der Waals surface area contributed by atoms with Crippen LogP contribution in [0.2, 0.25) is 0 Å². The highest BCUT2D eigenvalue weighted by atomic mass is 16.1. The van der Waals surface area contributed by atoms with Crippen molar-refractivity contribution in [1.82, 2.24) is 25.2 Å². The molecule has 5 rings (SSSR count). The maximum atomic E-state index is 10.5. The third-order valence-electron chi connectivity index (χ3n) is 6.50. The fraction of sp³-hybridized carbons (Fsp3) is 0.615. The Labute approximate surface area is 197 Å². The van der Waals surface area contributed by atoms with Crippen molar-refractivity contribution in [2.24, 2.45) is 5.92 Å². The van der Waals surface area contributed by atoms with Crippen LogP contribution in [-0.4, -0.2) is 52.8 Å². The SMILES string of the molecule is C/C=C(/NCC=O)c1c[nH]c2ncc(C3CC3)nc12.C1CCCC1.CN1CCC(C#N)CC1. The summed E-state index contributed by atoms with van der Waals surface area (Å²) < 4.78 is 0. The van der Waals surface area contributed by atoms with E-state index >= 15 is 0 Å². The van der Waals surface area contributed by atoms with Crippen molar-refractivity contribution in [1.29, 1.82) is 5.26 Å². The molecule has 3 heterocycles. The average Bonchev–Trinajstić information content (AvgIpc) is 3.33. The van der Waals surface area contributed by atoms with E-state index in [0.29, 0.717) is 18.4 Å². The third kappa shape index (κ3) is 7.68. The van der Waals surface area contributed by atoms with Crippen LogP contribution in [0.5, 0.6) is 0 Å². The normalized spacial score (nSPS) is 19.1. The molecule has 0 unspecified atom stereocenters. The van der Waals surface area contributed by atoms with Crippen LogP contribution >= 0.6 is 0 Å². The molecule has 0 amide bonds. The van der Waals surface area contributed by atoms with Gasteiger partial charge in [0.25, 0.3) is 0 Å². The predicted octanol–water partition coefficient (Wildman–Crippen LogP) is 4.79. The van der Waals surface area contributed by atoms with Crippen molar-refractivity contribution in [3.63, 3.8) is 0 Å². The molecule has 2 aromatic rings. The van der Waals surface area contributed by atoms with E-state index in [9.17, 15) is 4.79 Å². The average molecular weight is 451 g/mol. The zero-order valence-electron chi connectivity index (χ0n) is 20.1. The Morgan fingerprint density at radius 2 is 1.88 bits per heavy atom. The second-order valence-corrected chi connectivity index (χ2v) is 9.19. The number of allylic oxidation sites excluding steroid dienone is 1. The van der Waals surface area contributed by atoms with Gasteiger partial charge in [0.15, 0.2) is 5.65 Å². The number of hydrogen-bond donors (Lipinski definition) is 2. The zero-order chi connectivity index (χ0) is 23.5. The molecule has 3 fully saturated rings.